The van der Waals surface area contributed by atoms with Crippen LogP contribution in [-0.2, 0) is 17.5 Å². The number of amides is 2. The van der Waals surface area contributed by atoms with E-state index in [1.54, 1.807) is 17.0 Å². The molecule has 0 atom stereocenters. The molecule has 1 aliphatic heterocycles. The molecular formula is C25H27FN4O2. The minimum Gasteiger partial charge on any atom is -0.323 e. The molecule has 4 rings (SSSR count). The second-order valence-electron chi connectivity index (χ2n) is 9.66. The van der Waals surface area contributed by atoms with Gasteiger partial charge >= 0.3 is 0 Å². The van der Waals surface area contributed by atoms with Gasteiger partial charge in [-0.1, -0.05) is 32.9 Å². The second-order valence-corrected chi connectivity index (χ2v) is 9.66. The van der Waals surface area contributed by atoms with Crippen molar-refractivity contribution < 1.29 is 14.0 Å². The van der Waals surface area contributed by atoms with Gasteiger partial charge in [-0.25, -0.2) is 4.39 Å². The van der Waals surface area contributed by atoms with Crippen molar-refractivity contribution in [3.05, 3.63) is 82.3 Å². The van der Waals surface area contributed by atoms with Crippen LogP contribution in [-0.4, -0.2) is 26.9 Å². The monoisotopic (exact) mass is 434 g/mol. The third-order valence-electron chi connectivity index (χ3n) is 6.05. The van der Waals surface area contributed by atoms with Crippen LogP contribution >= 0.6 is 0 Å². The lowest BCUT2D eigenvalue weighted by atomic mass is 9.87. The molecule has 0 saturated carbocycles. The fourth-order valence-electron chi connectivity index (χ4n) is 3.99. The molecule has 0 aliphatic carbocycles. The van der Waals surface area contributed by atoms with Crippen LogP contribution in [0.3, 0.4) is 0 Å². The van der Waals surface area contributed by atoms with Gasteiger partial charge in [0.25, 0.3) is 11.8 Å². The van der Waals surface area contributed by atoms with Crippen LogP contribution in [0.5, 0.6) is 0 Å². The Kier molecular flexibility index (Phi) is 5.15. The number of benzene rings is 2. The Balaban J connectivity index is 1.55. The molecule has 3 aromatic rings. The molecule has 6 nitrogen and oxygen atoms in total. The van der Waals surface area contributed by atoms with Gasteiger partial charge in [0, 0.05) is 16.7 Å². The number of fused-ring (bicyclic) bond motifs is 1. The summed E-state index contributed by atoms with van der Waals surface area (Å²) < 4.78 is 13.3. The molecule has 0 spiro atoms. The molecule has 32 heavy (non-hydrogen) atoms. The summed E-state index contributed by atoms with van der Waals surface area (Å²) in [4.78, 5) is 27.6. The van der Waals surface area contributed by atoms with Crippen molar-refractivity contribution in [3.8, 4) is 0 Å². The first-order valence-corrected chi connectivity index (χ1v) is 10.6. The maximum absolute atomic E-state index is 13.3. The van der Waals surface area contributed by atoms with Crippen molar-refractivity contribution >= 4 is 17.6 Å². The lowest BCUT2D eigenvalue weighted by Crippen LogP contribution is -2.40. The molecule has 0 fully saturated rings. The zero-order valence-electron chi connectivity index (χ0n) is 18.9. The molecule has 7 heteroatoms. The van der Waals surface area contributed by atoms with E-state index >= 15 is 0 Å². The van der Waals surface area contributed by atoms with Crippen molar-refractivity contribution in [2.75, 3.05) is 5.32 Å². The summed E-state index contributed by atoms with van der Waals surface area (Å²) in [5.74, 6) is -0.458. The van der Waals surface area contributed by atoms with Crippen LogP contribution in [0.25, 0.3) is 0 Å². The molecule has 0 radical (unpaired) electrons. The first-order valence-electron chi connectivity index (χ1n) is 10.6. The number of halogens is 1. The third kappa shape index (κ3) is 3.79. The largest absolute Gasteiger partial charge is 0.323 e. The molecule has 1 aliphatic rings. The summed E-state index contributed by atoms with van der Waals surface area (Å²) in [6.07, 6.45) is 0. The molecule has 2 amide bonds. The van der Waals surface area contributed by atoms with Gasteiger partial charge in [-0.2, -0.15) is 5.10 Å². The zero-order chi connectivity index (χ0) is 23.3. The molecule has 2 N–H and O–H groups in total. The number of carbonyl (C=O) groups is 2. The molecule has 1 aromatic heterocycles. The van der Waals surface area contributed by atoms with Gasteiger partial charge < -0.3 is 10.2 Å². The summed E-state index contributed by atoms with van der Waals surface area (Å²) >= 11 is 0. The average Bonchev–Trinajstić information content (AvgIpc) is 3.25. The smallest absolute Gasteiger partial charge is 0.256 e. The van der Waals surface area contributed by atoms with Gasteiger partial charge in [0.2, 0.25) is 0 Å². The van der Waals surface area contributed by atoms with E-state index < -0.39 is 11.4 Å². The minimum absolute atomic E-state index is 0.00409. The van der Waals surface area contributed by atoms with E-state index in [0.29, 0.717) is 16.9 Å². The number of carbonyl (C=O) groups excluding carboxylic acids is 2. The SMILES string of the molecule is CC(C)(C)c1ccc(C(=O)Nc2n[nH]c3c2CN(C(=O)c2ccc(F)cc2)C3(C)C)cc1. The van der Waals surface area contributed by atoms with Crippen molar-refractivity contribution in [1.29, 1.82) is 0 Å². The highest BCUT2D eigenvalue weighted by atomic mass is 19.1. The normalized spacial score (nSPS) is 14.9. The van der Waals surface area contributed by atoms with E-state index in [-0.39, 0.29) is 23.8 Å². The number of rotatable bonds is 3. The Morgan fingerprint density at radius 3 is 2.22 bits per heavy atom. The Morgan fingerprint density at radius 1 is 1.03 bits per heavy atom. The van der Waals surface area contributed by atoms with Crippen LogP contribution in [0.4, 0.5) is 10.2 Å². The number of hydrogen-bond acceptors (Lipinski definition) is 3. The van der Waals surface area contributed by atoms with Crippen LogP contribution in [0.15, 0.2) is 48.5 Å². The fraction of sp³-hybridized carbons (Fsp3) is 0.320. The number of anilines is 1. The van der Waals surface area contributed by atoms with Crippen LogP contribution in [0.1, 0.15) is 72.2 Å². The molecule has 0 bridgehead atoms. The second kappa shape index (κ2) is 7.58. The topological polar surface area (TPSA) is 78.1 Å². The average molecular weight is 435 g/mol. The van der Waals surface area contributed by atoms with Gasteiger partial charge in [-0.3, -0.25) is 14.7 Å². The van der Waals surface area contributed by atoms with Crippen LogP contribution in [0, 0.1) is 5.82 Å². The third-order valence-corrected chi connectivity index (χ3v) is 6.05. The summed E-state index contributed by atoms with van der Waals surface area (Å²) in [5.41, 5.74) is 2.96. The number of aromatic nitrogens is 2. The quantitative estimate of drug-likeness (QED) is 0.610. The Bertz CT molecular complexity index is 1170. The van der Waals surface area contributed by atoms with Gasteiger partial charge in [-0.15, -0.1) is 0 Å². The predicted octanol–water partition coefficient (Wildman–Crippen LogP) is 4.99. The fourth-order valence-corrected chi connectivity index (χ4v) is 3.99. The summed E-state index contributed by atoms with van der Waals surface area (Å²) in [6.45, 7) is 10.5. The number of hydrogen-bond donors (Lipinski definition) is 2. The lowest BCUT2D eigenvalue weighted by Gasteiger charge is -2.32. The van der Waals surface area contributed by atoms with Gasteiger partial charge in [-0.05, 0) is 61.2 Å². The maximum Gasteiger partial charge on any atom is 0.256 e. The summed E-state index contributed by atoms with van der Waals surface area (Å²) in [6, 6.07) is 13.0. The summed E-state index contributed by atoms with van der Waals surface area (Å²) in [5, 5.41) is 10.2. The predicted molar refractivity (Wildman–Crippen MR) is 121 cm³/mol. The molecular weight excluding hydrogens is 407 g/mol. The Hall–Kier alpha value is -3.48. The van der Waals surface area contributed by atoms with E-state index in [1.807, 2.05) is 26.0 Å². The van der Waals surface area contributed by atoms with Crippen LogP contribution in [0.2, 0.25) is 0 Å². The van der Waals surface area contributed by atoms with Crippen molar-refractivity contribution in [2.45, 2.75) is 52.1 Å². The van der Waals surface area contributed by atoms with Gasteiger partial charge in [0.05, 0.1) is 17.8 Å². The molecule has 2 heterocycles. The number of aromatic amines is 1. The first-order chi connectivity index (χ1) is 15.0. The van der Waals surface area contributed by atoms with E-state index in [0.717, 1.165) is 16.8 Å². The highest BCUT2D eigenvalue weighted by Crippen LogP contribution is 2.41. The van der Waals surface area contributed by atoms with E-state index in [1.165, 1.54) is 24.3 Å². The molecule has 0 saturated heterocycles. The standard InChI is InChI=1S/C25H27FN4O2/c1-24(2,3)17-10-6-15(7-11-17)22(31)27-21-19-14-30(25(4,5)20(19)28-29-21)23(32)16-8-12-18(26)13-9-16/h6-13H,14H2,1-5H3,(H2,27,28,29,31). The highest BCUT2D eigenvalue weighted by Gasteiger charge is 2.44. The Labute approximate surface area is 186 Å². The van der Waals surface area contributed by atoms with E-state index in [9.17, 15) is 14.0 Å². The van der Waals surface area contributed by atoms with E-state index in [2.05, 4.69) is 36.3 Å². The van der Waals surface area contributed by atoms with Crippen molar-refractivity contribution in [2.24, 2.45) is 0 Å². The van der Waals surface area contributed by atoms with Gasteiger partial charge in [0.15, 0.2) is 5.82 Å². The van der Waals surface area contributed by atoms with Gasteiger partial charge in [0.1, 0.15) is 5.82 Å². The number of nitrogens with zero attached hydrogens (tertiary/aromatic N) is 2. The molecule has 166 valence electrons. The number of H-pyrrole nitrogens is 1. The highest BCUT2D eigenvalue weighted by molar-refractivity contribution is 6.04. The number of nitrogens with one attached hydrogen (secondary N) is 2. The Morgan fingerprint density at radius 2 is 1.62 bits per heavy atom. The van der Waals surface area contributed by atoms with Crippen molar-refractivity contribution in [3.63, 3.8) is 0 Å². The zero-order valence-corrected chi connectivity index (χ0v) is 18.9. The minimum atomic E-state index is -0.662. The molecule has 0 unspecified atom stereocenters. The first kappa shape index (κ1) is 21.7. The van der Waals surface area contributed by atoms with E-state index in [4.69, 9.17) is 0 Å². The summed E-state index contributed by atoms with van der Waals surface area (Å²) in [7, 11) is 0. The van der Waals surface area contributed by atoms with Crippen LogP contribution < -0.4 is 5.32 Å². The maximum atomic E-state index is 13.3. The lowest BCUT2D eigenvalue weighted by molar-refractivity contribution is 0.0568. The van der Waals surface area contributed by atoms with Crippen molar-refractivity contribution in [1.82, 2.24) is 15.1 Å². The molecule has 2 aromatic carbocycles.